The maximum absolute atomic E-state index is 13.8. The van der Waals surface area contributed by atoms with E-state index in [1.54, 1.807) is 0 Å². The number of aryl methyl sites for hydroxylation is 1. The van der Waals surface area contributed by atoms with Gasteiger partial charge in [0.25, 0.3) is 0 Å². The Morgan fingerprint density at radius 2 is 2.06 bits per heavy atom. The minimum atomic E-state index is -1.37. The van der Waals surface area contributed by atoms with E-state index in [0.717, 1.165) is 0 Å². The third-order valence-corrected chi connectivity index (χ3v) is 2.58. The van der Waals surface area contributed by atoms with Crippen LogP contribution in [-0.4, -0.2) is 15.9 Å². The van der Waals surface area contributed by atoms with Gasteiger partial charge in [0, 0.05) is 10.9 Å². The van der Waals surface area contributed by atoms with Gasteiger partial charge in [0.2, 0.25) is 5.95 Å². The van der Waals surface area contributed by atoms with Crippen molar-refractivity contribution in [3.8, 4) is 0 Å². The zero-order chi connectivity index (χ0) is 12.7. The fourth-order valence-electron chi connectivity index (χ4n) is 1.76. The normalized spacial score (nSPS) is 11.1. The summed E-state index contributed by atoms with van der Waals surface area (Å²) in [6.07, 6.45) is -0.764. The predicted octanol–water partition coefficient (Wildman–Crippen LogP) is 2.59. The minimum Gasteiger partial charge on any atom is -0.481 e. The molecule has 2 rings (SSSR count). The SMILES string of the molecule is Cc1ccc2c(c1F)c(CC(=O)O)c(F)n2F. The first-order valence-electron chi connectivity index (χ1n) is 4.79. The van der Waals surface area contributed by atoms with Crippen molar-refractivity contribution in [3.05, 3.63) is 35.0 Å². The number of carboxylic acid groups (broad SMARTS) is 1. The van der Waals surface area contributed by atoms with Crippen LogP contribution in [0.4, 0.5) is 13.3 Å². The molecule has 0 atom stereocenters. The quantitative estimate of drug-likeness (QED) is 0.880. The summed E-state index contributed by atoms with van der Waals surface area (Å²) in [6, 6.07) is 2.51. The van der Waals surface area contributed by atoms with Crippen molar-refractivity contribution in [2.75, 3.05) is 0 Å². The summed E-state index contributed by atoms with van der Waals surface area (Å²) < 4.78 is 40.6. The fraction of sp³-hybridized carbons (Fsp3) is 0.182. The van der Waals surface area contributed by atoms with E-state index in [-0.39, 0.29) is 21.3 Å². The van der Waals surface area contributed by atoms with Crippen molar-refractivity contribution in [2.24, 2.45) is 0 Å². The topological polar surface area (TPSA) is 42.2 Å². The second kappa shape index (κ2) is 3.80. The number of aromatic nitrogens is 1. The van der Waals surface area contributed by atoms with Gasteiger partial charge < -0.3 is 5.11 Å². The van der Waals surface area contributed by atoms with E-state index in [0.29, 0.717) is 0 Å². The van der Waals surface area contributed by atoms with Crippen LogP contribution >= 0.6 is 0 Å². The summed E-state index contributed by atoms with van der Waals surface area (Å²) >= 11 is 0. The molecule has 0 aliphatic heterocycles. The Kier molecular flexibility index (Phi) is 2.57. The van der Waals surface area contributed by atoms with Crippen molar-refractivity contribution < 1.29 is 23.2 Å². The van der Waals surface area contributed by atoms with Crippen LogP contribution in [0, 0.1) is 18.7 Å². The summed E-state index contributed by atoms with van der Waals surface area (Å²) in [6.45, 7) is 1.44. The van der Waals surface area contributed by atoms with E-state index in [1.807, 2.05) is 0 Å². The number of fused-ring (bicyclic) bond motifs is 1. The number of aliphatic carboxylic acids is 1. The van der Waals surface area contributed by atoms with Crippen LogP contribution in [0.25, 0.3) is 10.9 Å². The van der Waals surface area contributed by atoms with Gasteiger partial charge in [-0.15, -0.1) is 0 Å². The minimum absolute atomic E-state index is 0.203. The van der Waals surface area contributed by atoms with Crippen LogP contribution in [0.15, 0.2) is 12.1 Å². The lowest BCUT2D eigenvalue weighted by atomic mass is 10.1. The number of carbonyl (C=O) groups is 1. The molecule has 90 valence electrons. The van der Waals surface area contributed by atoms with Gasteiger partial charge in [0.15, 0.2) is 0 Å². The molecule has 0 radical (unpaired) electrons. The predicted molar refractivity (Wildman–Crippen MR) is 54.4 cm³/mol. The van der Waals surface area contributed by atoms with Crippen LogP contribution in [0.2, 0.25) is 0 Å². The molecule has 0 saturated heterocycles. The number of halogens is 3. The highest BCUT2D eigenvalue weighted by Gasteiger charge is 2.23. The summed E-state index contributed by atoms with van der Waals surface area (Å²) in [4.78, 5) is 10.2. The van der Waals surface area contributed by atoms with Gasteiger partial charge in [-0.3, -0.25) is 4.79 Å². The molecule has 1 heterocycles. The third-order valence-electron chi connectivity index (χ3n) is 2.58. The van der Waals surface area contributed by atoms with Crippen molar-refractivity contribution in [1.29, 1.82) is 0 Å². The first kappa shape index (κ1) is 11.5. The molecule has 0 amide bonds. The van der Waals surface area contributed by atoms with Gasteiger partial charge >= 0.3 is 5.97 Å². The van der Waals surface area contributed by atoms with E-state index in [2.05, 4.69) is 0 Å². The molecule has 3 nitrogen and oxygen atoms in total. The maximum Gasteiger partial charge on any atom is 0.308 e. The Labute approximate surface area is 94.0 Å². The lowest BCUT2D eigenvalue weighted by Gasteiger charge is -1.99. The van der Waals surface area contributed by atoms with Gasteiger partial charge in [-0.05, 0) is 18.6 Å². The largest absolute Gasteiger partial charge is 0.481 e. The smallest absolute Gasteiger partial charge is 0.308 e. The van der Waals surface area contributed by atoms with Crippen molar-refractivity contribution in [3.63, 3.8) is 0 Å². The molecule has 0 aliphatic rings. The number of rotatable bonds is 2. The van der Waals surface area contributed by atoms with Crippen molar-refractivity contribution in [2.45, 2.75) is 13.3 Å². The lowest BCUT2D eigenvalue weighted by Crippen LogP contribution is -2.02. The molecule has 17 heavy (non-hydrogen) atoms. The zero-order valence-electron chi connectivity index (χ0n) is 8.80. The van der Waals surface area contributed by atoms with Gasteiger partial charge in [-0.1, -0.05) is 10.5 Å². The van der Waals surface area contributed by atoms with E-state index < -0.39 is 29.7 Å². The zero-order valence-corrected chi connectivity index (χ0v) is 8.80. The highest BCUT2D eigenvalue weighted by molar-refractivity contribution is 5.88. The Bertz CT molecular complexity index is 619. The van der Waals surface area contributed by atoms with Gasteiger partial charge in [-0.25, -0.2) is 4.39 Å². The van der Waals surface area contributed by atoms with E-state index in [1.165, 1.54) is 19.1 Å². The highest BCUT2D eigenvalue weighted by atomic mass is 19.2. The lowest BCUT2D eigenvalue weighted by molar-refractivity contribution is -0.136. The summed E-state index contributed by atoms with van der Waals surface area (Å²) in [5, 5.41) is 8.29. The molecule has 0 fully saturated rings. The monoisotopic (exact) mass is 243 g/mol. The molecular formula is C11H8F3NO2. The standard InChI is InChI=1S/C11H8F3NO2/c1-5-2-3-7-9(10(5)12)6(4-8(16)17)11(13)15(7)14/h2-3H,4H2,1H3,(H,16,17). The summed E-state index contributed by atoms with van der Waals surface area (Å²) in [5.41, 5.74) is -0.576. The molecule has 0 saturated carbocycles. The average molecular weight is 243 g/mol. The van der Waals surface area contributed by atoms with Crippen molar-refractivity contribution >= 4 is 16.9 Å². The molecule has 1 N–H and O–H groups in total. The van der Waals surface area contributed by atoms with Crippen LogP contribution in [0.5, 0.6) is 0 Å². The number of nitrogens with zero attached hydrogens (tertiary/aromatic N) is 1. The summed E-state index contributed by atoms with van der Waals surface area (Å²) in [7, 11) is 0. The molecule has 1 aromatic carbocycles. The second-order valence-corrected chi connectivity index (χ2v) is 3.71. The van der Waals surface area contributed by atoms with E-state index in [4.69, 9.17) is 5.11 Å². The molecule has 0 unspecified atom stereocenters. The first-order valence-corrected chi connectivity index (χ1v) is 4.79. The van der Waals surface area contributed by atoms with Crippen LogP contribution < -0.4 is 0 Å². The first-order chi connectivity index (χ1) is 7.93. The Hall–Kier alpha value is -1.98. The molecular weight excluding hydrogens is 235 g/mol. The molecule has 0 spiro atoms. The van der Waals surface area contributed by atoms with Crippen LogP contribution in [0.1, 0.15) is 11.1 Å². The number of benzene rings is 1. The third kappa shape index (κ3) is 1.65. The molecule has 6 heteroatoms. The second-order valence-electron chi connectivity index (χ2n) is 3.71. The van der Waals surface area contributed by atoms with Gasteiger partial charge in [0.1, 0.15) is 5.82 Å². The van der Waals surface area contributed by atoms with E-state index in [9.17, 15) is 18.1 Å². The van der Waals surface area contributed by atoms with Crippen LogP contribution in [-0.2, 0) is 11.2 Å². The number of hydrogen-bond acceptors (Lipinski definition) is 1. The summed E-state index contributed by atoms with van der Waals surface area (Å²) in [5.74, 6) is -3.52. The molecule has 2 aromatic rings. The fourth-order valence-corrected chi connectivity index (χ4v) is 1.76. The van der Waals surface area contributed by atoms with Gasteiger partial charge in [0.05, 0.1) is 11.9 Å². The Morgan fingerprint density at radius 1 is 1.41 bits per heavy atom. The highest BCUT2D eigenvalue weighted by Crippen LogP contribution is 2.29. The molecule has 1 aromatic heterocycles. The number of carboxylic acids is 1. The van der Waals surface area contributed by atoms with E-state index >= 15 is 0 Å². The maximum atomic E-state index is 13.8. The van der Waals surface area contributed by atoms with Gasteiger partial charge in [-0.2, -0.15) is 9.18 Å². The van der Waals surface area contributed by atoms with Crippen LogP contribution in [0.3, 0.4) is 0 Å². The number of hydrogen-bond donors (Lipinski definition) is 1. The average Bonchev–Trinajstić information content (AvgIpc) is 2.49. The Morgan fingerprint density at radius 3 is 2.65 bits per heavy atom. The van der Waals surface area contributed by atoms with Crippen molar-refractivity contribution in [1.82, 2.24) is 4.79 Å². The molecule has 0 bridgehead atoms. The molecule has 0 aliphatic carbocycles. The Balaban J connectivity index is 2.85.